The topological polar surface area (TPSA) is 71.3 Å². The van der Waals surface area contributed by atoms with Gasteiger partial charge in [-0.05, 0) is 23.8 Å². The number of nitrogens with zero attached hydrogens (tertiary/aromatic N) is 3. The van der Waals surface area contributed by atoms with Gasteiger partial charge in [0, 0.05) is 49.0 Å². The van der Waals surface area contributed by atoms with Crippen LogP contribution in [0.15, 0.2) is 42.5 Å². The van der Waals surface area contributed by atoms with E-state index in [0.717, 1.165) is 28.4 Å². The highest BCUT2D eigenvalue weighted by atomic mass is 32.2. The second-order valence-corrected chi connectivity index (χ2v) is 8.30. The highest BCUT2D eigenvalue weighted by molar-refractivity contribution is 7.99. The average Bonchev–Trinajstić information content (AvgIpc) is 3.09. The molecule has 3 aromatic rings. The van der Waals surface area contributed by atoms with Crippen LogP contribution in [0.2, 0.25) is 0 Å². The number of hydrogen-bond donors (Lipinski definition) is 1. The molecule has 0 radical (unpaired) electrons. The molecule has 1 saturated heterocycles. The van der Waals surface area contributed by atoms with Crippen molar-refractivity contribution in [2.24, 2.45) is 0 Å². The molecule has 0 bridgehead atoms. The summed E-state index contributed by atoms with van der Waals surface area (Å²) in [4.78, 5) is 17.4. The van der Waals surface area contributed by atoms with Gasteiger partial charge in [0.1, 0.15) is 0 Å². The fourth-order valence-corrected chi connectivity index (χ4v) is 4.72. The summed E-state index contributed by atoms with van der Waals surface area (Å²) >= 11 is 3.45. The number of thiazole rings is 1. The van der Waals surface area contributed by atoms with Gasteiger partial charge >= 0.3 is 0 Å². The minimum Gasteiger partial charge on any atom is -0.370 e. The van der Waals surface area contributed by atoms with E-state index in [1.165, 1.54) is 40.2 Å². The molecule has 0 atom stereocenters. The van der Waals surface area contributed by atoms with Gasteiger partial charge in [-0.15, -0.1) is 0 Å². The summed E-state index contributed by atoms with van der Waals surface area (Å²) in [6.07, 6.45) is 0. The van der Waals surface area contributed by atoms with Crippen molar-refractivity contribution in [1.29, 1.82) is 0 Å². The van der Waals surface area contributed by atoms with Crippen LogP contribution in [0.4, 0.5) is 16.5 Å². The smallest absolute Gasteiger partial charge is 0.270 e. The Morgan fingerprint density at radius 3 is 2.65 bits per heavy atom. The first kappa shape index (κ1) is 17.1. The fourth-order valence-electron chi connectivity index (χ4n) is 2.93. The Hall–Kier alpha value is -2.32. The lowest BCUT2D eigenvalue weighted by molar-refractivity contribution is -0.384. The van der Waals surface area contributed by atoms with Crippen molar-refractivity contribution in [3.8, 4) is 0 Å². The summed E-state index contributed by atoms with van der Waals surface area (Å²) in [5.74, 6) is 2.39. The summed E-state index contributed by atoms with van der Waals surface area (Å²) in [6.45, 7) is 2.90. The number of nitro groups is 1. The zero-order chi connectivity index (χ0) is 17.9. The third-order valence-electron chi connectivity index (χ3n) is 4.34. The Morgan fingerprint density at radius 1 is 1.15 bits per heavy atom. The third-order valence-corrected chi connectivity index (χ3v) is 6.26. The molecule has 0 unspecified atom stereocenters. The van der Waals surface area contributed by atoms with E-state index in [1.54, 1.807) is 12.1 Å². The average molecular weight is 387 g/mol. The number of anilines is 2. The molecule has 0 spiro atoms. The third kappa shape index (κ3) is 3.76. The van der Waals surface area contributed by atoms with E-state index < -0.39 is 0 Å². The maximum atomic E-state index is 10.9. The first-order valence-electron chi connectivity index (χ1n) is 8.39. The first-order valence-corrected chi connectivity index (χ1v) is 10.4. The summed E-state index contributed by atoms with van der Waals surface area (Å²) in [5.41, 5.74) is 3.34. The molecule has 1 aromatic heterocycles. The van der Waals surface area contributed by atoms with Gasteiger partial charge in [-0.3, -0.25) is 10.1 Å². The van der Waals surface area contributed by atoms with Crippen molar-refractivity contribution in [3.05, 3.63) is 58.1 Å². The lowest BCUT2D eigenvalue weighted by Gasteiger charge is -2.28. The van der Waals surface area contributed by atoms with Crippen LogP contribution < -0.4 is 10.2 Å². The molecule has 0 aliphatic carbocycles. The quantitative estimate of drug-likeness (QED) is 0.519. The largest absolute Gasteiger partial charge is 0.370 e. The number of nitro benzene ring substituents is 1. The Bertz CT molecular complexity index is 921. The monoisotopic (exact) mass is 386 g/mol. The van der Waals surface area contributed by atoms with E-state index in [-0.39, 0.29) is 10.6 Å². The predicted octanol–water partition coefficient (Wildman–Crippen LogP) is 4.37. The Morgan fingerprint density at radius 2 is 1.92 bits per heavy atom. The molecule has 6 nitrogen and oxygen atoms in total. The molecule has 0 amide bonds. The van der Waals surface area contributed by atoms with Crippen molar-refractivity contribution in [2.75, 3.05) is 34.8 Å². The van der Waals surface area contributed by atoms with Crippen LogP contribution in [0, 0.1) is 10.1 Å². The molecule has 0 saturated carbocycles. The summed E-state index contributed by atoms with van der Waals surface area (Å²) in [5, 5.41) is 15.0. The van der Waals surface area contributed by atoms with Crippen LogP contribution in [-0.4, -0.2) is 34.5 Å². The highest BCUT2D eigenvalue weighted by Gasteiger charge is 2.12. The molecule has 2 heterocycles. The Kier molecular flexibility index (Phi) is 4.94. The van der Waals surface area contributed by atoms with Gasteiger partial charge in [0.2, 0.25) is 0 Å². The molecular weight excluding hydrogens is 368 g/mol. The van der Waals surface area contributed by atoms with Gasteiger partial charge in [-0.25, -0.2) is 4.98 Å². The van der Waals surface area contributed by atoms with Crippen molar-refractivity contribution in [3.63, 3.8) is 0 Å². The van der Waals surface area contributed by atoms with Crippen molar-refractivity contribution >= 4 is 49.8 Å². The van der Waals surface area contributed by atoms with E-state index in [2.05, 4.69) is 39.5 Å². The van der Waals surface area contributed by atoms with Crippen LogP contribution in [0.1, 0.15) is 5.56 Å². The van der Waals surface area contributed by atoms with E-state index in [9.17, 15) is 10.1 Å². The molecule has 1 aliphatic heterocycles. The summed E-state index contributed by atoms with van der Waals surface area (Å²) in [6, 6.07) is 13.4. The molecule has 4 rings (SSSR count). The number of benzene rings is 2. The number of rotatable bonds is 5. The van der Waals surface area contributed by atoms with Crippen LogP contribution in [0.25, 0.3) is 10.2 Å². The molecule has 1 aliphatic rings. The maximum absolute atomic E-state index is 10.9. The van der Waals surface area contributed by atoms with Gasteiger partial charge in [0.15, 0.2) is 5.13 Å². The predicted molar refractivity (Wildman–Crippen MR) is 110 cm³/mol. The van der Waals surface area contributed by atoms with Crippen molar-refractivity contribution in [1.82, 2.24) is 4.98 Å². The number of fused-ring (bicyclic) bond motifs is 1. The standard InChI is InChI=1S/C18H18N4O2S2/c23-22(24)15-5-6-16-17(11-15)26-18(20-16)19-12-13-1-3-14(4-2-13)21-7-9-25-10-8-21/h1-6,11H,7-10,12H2,(H,19,20). The zero-order valence-corrected chi connectivity index (χ0v) is 15.7. The maximum Gasteiger partial charge on any atom is 0.270 e. The SMILES string of the molecule is O=[N+]([O-])c1ccc2nc(NCc3ccc(N4CCSCC4)cc3)sc2c1. The van der Waals surface area contributed by atoms with E-state index >= 15 is 0 Å². The lowest BCUT2D eigenvalue weighted by atomic mass is 10.2. The number of nitrogens with one attached hydrogen (secondary N) is 1. The summed E-state index contributed by atoms with van der Waals surface area (Å²) in [7, 11) is 0. The van der Waals surface area contributed by atoms with Gasteiger partial charge in [0.25, 0.3) is 5.69 Å². The zero-order valence-electron chi connectivity index (χ0n) is 14.1. The molecule has 8 heteroatoms. The second-order valence-electron chi connectivity index (χ2n) is 6.05. The van der Waals surface area contributed by atoms with Crippen LogP contribution in [0.3, 0.4) is 0 Å². The van der Waals surface area contributed by atoms with Crippen LogP contribution in [-0.2, 0) is 6.54 Å². The molecule has 134 valence electrons. The first-order chi connectivity index (χ1) is 12.7. The Labute approximate surface area is 159 Å². The molecule has 1 N–H and O–H groups in total. The van der Waals surface area contributed by atoms with E-state index in [4.69, 9.17) is 0 Å². The van der Waals surface area contributed by atoms with Gasteiger partial charge < -0.3 is 10.2 Å². The Balaban J connectivity index is 1.41. The number of non-ortho nitro benzene ring substituents is 1. The van der Waals surface area contributed by atoms with Crippen LogP contribution >= 0.6 is 23.1 Å². The molecule has 1 fully saturated rings. The molecular formula is C18H18N4O2S2. The van der Waals surface area contributed by atoms with Crippen molar-refractivity contribution < 1.29 is 4.92 Å². The molecule has 26 heavy (non-hydrogen) atoms. The van der Waals surface area contributed by atoms with Gasteiger partial charge in [-0.1, -0.05) is 23.5 Å². The number of thioether (sulfide) groups is 1. The minimum atomic E-state index is -0.380. The van der Waals surface area contributed by atoms with Crippen molar-refractivity contribution in [2.45, 2.75) is 6.54 Å². The van der Waals surface area contributed by atoms with Crippen LogP contribution in [0.5, 0.6) is 0 Å². The number of hydrogen-bond acceptors (Lipinski definition) is 7. The molecule has 2 aromatic carbocycles. The van der Waals surface area contributed by atoms with E-state index in [1.807, 2.05) is 11.8 Å². The highest BCUT2D eigenvalue weighted by Crippen LogP contribution is 2.29. The van der Waals surface area contributed by atoms with Gasteiger partial charge in [-0.2, -0.15) is 11.8 Å². The fraction of sp³-hybridized carbons (Fsp3) is 0.278. The second kappa shape index (κ2) is 7.51. The lowest BCUT2D eigenvalue weighted by Crippen LogP contribution is -2.32. The normalized spacial score (nSPS) is 14.5. The minimum absolute atomic E-state index is 0.0967. The van der Waals surface area contributed by atoms with Gasteiger partial charge in [0.05, 0.1) is 15.1 Å². The van der Waals surface area contributed by atoms with E-state index in [0.29, 0.717) is 6.54 Å². The number of aromatic nitrogens is 1. The summed E-state index contributed by atoms with van der Waals surface area (Å²) < 4.78 is 0.819.